The lowest BCUT2D eigenvalue weighted by molar-refractivity contribution is 0.161. The first-order valence-electron chi connectivity index (χ1n) is 13.0. The van der Waals surface area contributed by atoms with E-state index in [-0.39, 0.29) is 18.1 Å². The molecule has 2 heterocycles. The number of furan rings is 1. The quantitative estimate of drug-likeness (QED) is 0.322. The number of nitrogens with one attached hydrogen (secondary N) is 2. The van der Waals surface area contributed by atoms with Gasteiger partial charge in [0.15, 0.2) is 0 Å². The molecule has 0 spiro atoms. The average molecular weight is 511 g/mol. The van der Waals surface area contributed by atoms with Crippen LogP contribution in [0.3, 0.4) is 0 Å². The topological polar surface area (TPSA) is 70.0 Å². The molecule has 1 saturated heterocycles. The number of methoxy groups -OCH3 is 1. The largest absolute Gasteiger partial charge is 0.497 e. The zero-order valence-electron chi connectivity index (χ0n) is 21.6. The van der Waals surface area contributed by atoms with Crippen molar-refractivity contribution in [1.29, 1.82) is 0 Å². The summed E-state index contributed by atoms with van der Waals surface area (Å²) in [6, 6.07) is 31.6. The molecule has 0 aliphatic carbocycles. The minimum Gasteiger partial charge on any atom is -0.497 e. The molecule has 1 aliphatic rings. The number of hydrogen-bond donors (Lipinski definition) is 2. The van der Waals surface area contributed by atoms with Crippen molar-refractivity contribution in [1.82, 2.24) is 15.5 Å². The zero-order valence-corrected chi connectivity index (χ0v) is 21.6. The highest BCUT2D eigenvalue weighted by atomic mass is 16.5. The molecule has 196 valence electrons. The first kappa shape index (κ1) is 25.4. The predicted octanol–water partition coefficient (Wildman–Crippen LogP) is 5.24. The van der Waals surface area contributed by atoms with E-state index in [1.165, 1.54) is 5.69 Å². The molecule has 1 aliphatic heterocycles. The molecular formula is C31H34N4O3. The maximum atomic E-state index is 13.2. The van der Waals surface area contributed by atoms with Crippen molar-refractivity contribution in [3.05, 3.63) is 120 Å². The fraction of sp³-hybridized carbons (Fsp3) is 0.258. The Labute approximate surface area is 224 Å². The number of carbonyl (C=O) groups excluding carboxylic acids is 1. The maximum absolute atomic E-state index is 13.2. The summed E-state index contributed by atoms with van der Waals surface area (Å²) in [6.45, 7) is 3.94. The molecule has 7 nitrogen and oxygen atoms in total. The second-order valence-corrected chi connectivity index (χ2v) is 9.36. The molecule has 0 saturated carbocycles. The Balaban J connectivity index is 1.23. The fourth-order valence-electron chi connectivity index (χ4n) is 5.00. The van der Waals surface area contributed by atoms with E-state index in [0.717, 1.165) is 48.8 Å². The van der Waals surface area contributed by atoms with Gasteiger partial charge in [0.2, 0.25) is 0 Å². The summed E-state index contributed by atoms with van der Waals surface area (Å²) in [6.07, 6.45) is 1.69. The van der Waals surface area contributed by atoms with Crippen LogP contribution in [0.1, 0.15) is 29.0 Å². The van der Waals surface area contributed by atoms with Crippen LogP contribution in [0.15, 0.2) is 108 Å². The van der Waals surface area contributed by atoms with Crippen LogP contribution in [-0.4, -0.2) is 50.8 Å². The first-order chi connectivity index (χ1) is 18.7. The number of rotatable bonds is 9. The Bertz CT molecular complexity index is 1220. The van der Waals surface area contributed by atoms with Crippen LogP contribution in [0, 0.1) is 0 Å². The molecule has 7 heteroatoms. The van der Waals surface area contributed by atoms with Crippen molar-refractivity contribution in [2.45, 2.75) is 12.1 Å². The summed E-state index contributed by atoms with van der Waals surface area (Å²) >= 11 is 0. The third-order valence-electron chi connectivity index (χ3n) is 7.06. The van der Waals surface area contributed by atoms with Gasteiger partial charge in [-0.15, -0.1) is 0 Å². The molecule has 1 unspecified atom stereocenters. The van der Waals surface area contributed by atoms with Gasteiger partial charge in [-0.2, -0.15) is 0 Å². The summed E-state index contributed by atoms with van der Waals surface area (Å²) < 4.78 is 11.1. The average Bonchev–Trinajstić information content (AvgIpc) is 3.52. The van der Waals surface area contributed by atoms with Crippen molar-refractivity contribution in [3.63, 3.8) is 0 Å². The van der Waals surface area contributed by atoms with Gasteiger partial charge >= 0.3 is 6.03 Å². The number of piperazine rings is 1. The number of benzene rings is 3. The molecule has 5 rings (SSSR count). The van der Waals surface area contributed by atoms with E-state index in [1.54, 1.807) is 13.4 Å². The predicted molar refractivity (Wildman–Crippen MR) is 149 cm³/mol. The van der Waals surface area contributed by atoms with Gasteiger partial charge < -0.3 is 24.7 Å². The van der Waals surface area contributed by atoms with Gasteiger partial charge in [-0.3, -0.25) is 4.90 Å². The van der Waals surface area contributed by atoms with E-state index in [2.05, 4.69) is 32.6 Å². The van der Waals surface area contributed by atoms with Crippen LogP contribution in [0.25, 0.3) is 0 Å². The second-order valence-electron chi connectivity index (χ2n) is 9.36. The summed E-state index contributed by atoms with van der Waals surface area (Å²) in [5, 5.41) is 6.29. The highest BCUT2D eigenvalue weighted by molar-refractivity contribution is 5.75. The Hall–Kier alpha value is -4.23. The van der Waals surface area contributed by atoms with Gasteiger partial charge in [-0.05, 0) is 47.5 Å². The molecule has 2 amide bonds. The van der Waals surface area contributed by atoms with Crippen LogP contribution < -0.4 is 20.3 Å². The standard InChI is InChI=1S/C31H34N4O3/c1-37-27-16-14-26(15-17-27)34-18-20-35(21-19-34)28(29-13-8-22-38-29)23-32-31(36)33-30(24-9-4-2-5-10-24)25-11-6-3-7-12-25/h2-17,22,28,30H,18-21,23H2,1H3,(H2,32,33,36). The van der Waals surface area contributed by atoms with Crippen LogP contribution in [-0.2, 0) is 0 Å². The number of ether oxygens (including phenoxy) is 1. The number of carbonyl (C=O) groups is 1. The first-order valence-corrected chi connectivity index (χ1v) is 13.0. The summed E-state index contributed by atoms with van der Waals surface area (Å²) in [5.74, 6) is 1.71. The lowest BCUT2D eigenvalue weighted by Crippen LogP contribution is -2.50. The van der Waals surface area contributed by atoms with Crippen molar-refractivity contribution in [3.8, 4) is 5.75 Å². The molecule has 1 atom stereocenters. The van der Waals surface area contributed by atoms with Crippen molar-refractivity contribution >= 4 is 11.7 Å². The van der Waals surface area contributed by atoms with Crippen LogP contribution in [0.5, 0.6) is 5.75 Å². The second kappa shape index (κ2) is 12.3. The SMILES string of the molecule is COc1ccc(N2CCN(C(CNC(=O)NC(c3ccccc3)c3ccccc3)c3ccco3)CC2)cc1. The number of anilines is 1. The lowest BCUT2D eigenvalue weighted by Gasteiger charge is -2.39. The molecule has 38 heavy (non-hydrogen) atoms. The molecule has 4 aromatic rings. The van der Waals surface area contributed by atoms with E-state index in [9.17, 15) is 4.79 Å². The molecule has 3 aromatic carbocycles. The molecule has 1 fully saturated rings. The van der Waals surface area contributed by atoms with Gasteiger partial charge in [0.1, 0.15) is 11.5 Å². The minimum atomic E-state index is -0.243. The lowest BCUT2D eigenvalue weighted by atomic mass is 9.99. The van der Waals surface area contributed by atoms with E-state index in [0.29, 0.717) is 6.54 Å². The number of amides is 2. The van der Waals surface area contributed by atoms with E-state index in [4.69, 9.17) is 9.15 Å². The summed E-state index contributed by atoms with van der Waals surface area (Å²) in [4.78, 5) is 17.9. The van der Waals surface area contributed by atoms with Gasteiger partial charge in [0.25, 0.3) is 0 Å². The Kier molecular flexibility index (Phi) is 8.26. The third-order valence-corrected chi connectivity index (χ3v) is 7.06. The van der Waals surface area contributed by atoms with E-state index >= 15 is 0 Å². The normalized spacial score (nSPS) is 14.7. The highest BCUT2D eigenvalue weighted by Gasteiger charge is 2.28. The molecule has 2 N–H and O–H groups in total. The van der Waals surface area contributed by atoms with Crippen LogP contribution in [0.2, 0.25) is 0 Å². The Morgan fingerprint density at radius 3 is 2.03 bits per heavy atom. The van der Waals surface area contributed by atoms with E-state index in [1.807, 2.05) is 84.9 Å². The zero-order chi connectivity index (χ0) is 26.2. The Morgan fingerprint density at radius 1 is 0.842 bits per heavy atom. The van der Waals surface area contributed by atoms with Gasteiger partial charge in [0, 0.05) is 38.4 Å². The maximum Gasteiger partial charge on any atom is 0.315 e. The molecular weight excluding hydrogens is 476 g/mol. The molecule has 0 bridgehead atoms. The number of hydrogen-bond acceptors (Lipinski definition) is 5. The fourth-order valence-corrected chi connectivity index (χ4v) is 5.00. The number of urea groups is 1. The summed E-state index contributed by atoms with van der Waals surface area (Å²) in [5.41, 5.74) is 3.25. The minimum absolute atomic E-state index is 0.0549. The van der Waals surface area contributed by atoms with Crippen molar-refractivity contribution in [2.75, 3.05) is 44.7 Å². The van der Waals surface area contributed by atoms with E-state index < -0.39 is 0 Å². The number of nitrogens with zero attached hydrogens (tertiary/aromatic N) is 2. The Morgan fingerprint density at radius 2 is 1.47 bits per heavy atom. The molecule has 0 radical (unpaired) electrons. The van der Waals surface area contributed by atoms with Gasteiger partial charge in [0.05, 0.1) is 25.5 Å². The van der Waals surface area contributed by atoms with Crippen LogP contribution in [0.4, 0.5) is 10.5 Å². The van der Waals surface area contributed by atoms with Crippen molar-refractivity contribution in [2.24, 2.45) is 0 Å². The van der Waals surface area contributed by atoms with Gasteiger partial charge in [-0.1, -0.05) is 60.7 Å². The summed E-state index contributed by atoms with van der Waals surface area (Å²) in [7, 11) is 1.68. The smallest absolute Gasteiger partial charge is 0.315 e. The van der Waals surface area contributed by atoms with Gasteiger partial charge in [-0.25, -0.2) is 4.79 Å². The highest BCUT2D eigenvalue weighted by Crippen LogP contribution is 2.26. The third kappa shape index (κ3) is 6.18. The van der Waals surface area contributed by atoms with Crippen LogP contribution >= 0.6 is 0 Å². The monoisotopic (exact) mass is 510 g/mol. The van der Waals surface area contributed by atoms with Crippen molar-refractivity contribution < 1.29 is 13.9 Å². The molecule has 1 aromatic heterocycles.